The highest BCUT2D eigenvalue weighted by Crippen LogP contribution is 2.16. The fourth-order valence-corrected chi connectivity index (χ4v) is 2.30. The minimum absolute atomic E-state index is 0.238. The van der Waals surface area contributed by atoms with Gasteiger partial charge in [0.05, 0.1) is 24.4 Å². The largest absolute Gasteiger partial charge is 0.460 e. The van der Waals surface area contributed by atoms with Gasteiger partial charge in [0.1, 0.15) is 5.82 Å². The lowest BCUT2D eigenvalue weighted by Gasteiger charge is -2.06. The Hall–Kier alpha value is -1.76. The standard InChI is InChI=1S/C11H14N4O2S/c1-4-17-11(16)10-14-13-8(3)15(10)5-9-7(2)12-6-18-9/h6H,4-5H2,1-3H3. The highest BCUT2D eigenvalue weighted by atomic mass is 32.1. The predicted molar refractivity (Wildman–Crippen MR) is 66.7 cm³/mol. The van der Waals surface area contributed by atoms with Crippen LogP contribution in [0.1, 0.15) is 33.9 Å². The molecule has 96 valence electrons. The Kier molecular flexibility index (Phi) is 3.71. The third-order valence-corrected chi connectivity index (χ3v) is 3.46. The lowest BCUT2D eigenvalue weighted by atomic mass is 10.4. The van der Waals surface area contributed by atoms with E-state index in [0.717, 1.165) is 10.6 Å². The lowest BCUT2D eigenvalue weighted by molar-refractivity contribution is 0.0506. The summed E-state index contributed by atoms with van der Waals surface area (Å²) in [5, 5.41) is 7.79. The Morgan fingerprint density at radius 1 is 1.44 bits per heavy atom. The van der Waals surface area contributed by atoms with Gasteiger partial charge in [0, 0.05) is 4.88 Å². The number of aryl methyl sites for hydroxylation is 2. The Labute approximate surface area is 109 Å². The number of esters is 1. The number of carbonyl (C=O) groups is 1. The van der Waals surface area contributed by atoms with Gasteiger partial charge in [0.2, 0.25) is 5.82 Å². The molecule has 0 amide bonds. The van der Waals surface area contributed by atoms with Crippen molar-refractivity contribution >= 4 is 17.3 Å². The van der Waals surface area contributed by atoms with E-state index >= 15 is 0 Å². The van der Waals surface area contributed by atoms with Gasteiger partial charge in [-0.05, 0) is 20.8 Å². The lowest BCUT2D eigenvalue weighted by Crippen LogP contribution is -2.15. The van der Waals surface area contributed by atoms with Crippen molar-refractivity contribution in [2.75, 3.05) is 6.61 Å². The summed E-state index contributed by atoms with van der Waals surface area (Å²) in [5.41, 5.74) is 2.75. The second-order valence-corrected chi connectivity index (χ2v) is 4.68. The molecule has 0 N–H and O–H groups in total. The van der Waals surface area contributed by atoms with Gasteiger partial charge in [-0.15, -0.1) is 21.5 Å². The summed E-state index contributed by atoms with van der Waals surface area (Å²) in [6.45, 7) is 6.38. The zero-order valence-corrected chi connectivity index (χ0v) is 11.3. The number of aromatic nitrogens is 4. The Balaban J connectivity index is 2.30. The van der Waals surface area contributed by atoms with Crippen molar-refractivity contribution in [1.29, 1.82) is 0 Å². The van der Waals surface area contributed by atoms with Crippen molar-refractivity contribution < 1.29 is 9.53 Å². The van der Waals surface area contributed by atoms with Crippen LogP contribution in [0.5, 0.6) is 0 Å². The molecule has 2 heterocycles. The van der Waals surface area contributed by atoms with Crippen LogP contribution in [-0.2, 0) is 11.3 Å². The summed E-state index contributed by atoms with van der Waals surface area (Å²) in [7, 11) is 0. The molecule has 0 radical (unpaired) electrons. The van der Waals surface area contributed by atoms with Crippen LogP contribution < -0.4 is 0 Å². The fraction of sp³-hybridized carbons (Fsp3) is 0.455. The van der Waals surface area contributed by atoms with Gasteiger partial charge in [-0.3, -0.25) is 0 Å². The topological polar surface area (TPSA) is 69.9 Å². The van der Waals surface area contributed by atoms with E-state index in [0.29, 0.717) is 19.0 Å². The van der Waals surface area contributed by atoms with Crippen LogP contribution in [0.2, 0.25) is 0 Å². The number of nitrogens with zero attached hydrogens (tertiary/aromatic N) is 4. The van der Waals surface area contributed by atoms with E-state index in [9.17, 15) is 4.79 Å². The van der Waals surface area contributed by atoms with Crippen LogP contribution in [0.15, 0.2) is 5.51 Å². The maximum Gasteiger partial charge on any atom is 0.376 e. The number of carbonyl (C=O) groups excluding carboxylic acids is 1. The number of ether oxygens (including phenoxy) is 1. The van der Waals surface area contributed by atoms with E-state index in [-0.39, 0.29) is 5.82 Å². The Morgan fingerprint density at radius 3 is 2.83 bits per heavy atom. The highest BCUT2D eigenvalue weighted by Gasteiger charge is 2.19. The summed E-state index contributed by atoms with van der Waals surface area (Å²) < 4.78 is 6.71. The quantitative estimate of drug-likeness (QED) is 0.786. The van der Waals surface area contributed by atoms with Crippen molar-refractivity contribution in [2.45, 2.75) is 27.3 Å². The van der Waals surface area contributed by atoms with Gasteiger partial charge in [0.25, 0.3) is 0 Å². The molecule has 0 aliphatic rings. The molecule has 7 heteroatoms. The van der Waals surface area contributed by atoms with E-state index in [1.54, 1.807) is 28.3 Å². The molecule has 0 atom stereocenters. The summed E-state index contributed by atoms with van der Waals surface area (Å²) in [6, 6.07) is 0. The van der Waals surface area contributed by atoms with Crippen molar-refractivity contribution in [3.8, 4) is 0 Å². The number of hydrogen-bond acceptors (Lipinski definition) is 6. The first-order valence-electron chi connectivity index (χ1n) is 5.59. The highest BCUT2D eigenvalue weighted by molar-refractivity contribution is 7.09. The van der Waals surface area contributed by atoms with E-state index in [4.69, 9.17) is 4.74 Å². The van der Waals surface area contributed by atoms with Crippen LogP contribution in [0.4, 0.5) is 0 Å². The molecule has 0 aliphatic heterocycles. The molecular weight excluding hydrogens is 252 g/mol. The molecular formula is C11H14N4O2S. The molecule has 0 aliphatic carbocycles. The summed E-state index contributed by atoms with van der Waals surface area (Å²) in [6.07, 6.45) is 0. The van der Waals surface area contributed by atoms with Gasteiger partial charge >= 0.3 is 5.97 Å². The van der Waals surface area contributed by atoms with Crippen molar-refractivity contribution in [3.05, 3.63) is 27.7 Å². The first kappa shape index (κ1) is 12.7. The zero-order valence-electron chi connectivity index (χ0n) is 10.5. The van der Waals surface area contributed by atoms with E-state index < -0.39 is 5.97 Å². The molecule has 0 unspecified atom stereocenters. The SMILES string of the molecule is CCOC(=O)c1nnc(C)n1Cc1scnc1C. The second kappa shape index (κ2) is 5.26. The molecule has 2 rings (SSSR count). The smallest absolute Gasteiger partial charge is 0.376 e. The Morgan fingerprint density at radius 2 is 2.22 bits per heavy atom. The Bertz CT molecular complexity index is 561. The molecule has 6 nitrogen and oxygen atoms in total. The summed E-state index contributed by atoms with van der Waals surface area (Å²) in [4.78, 5) is 17.0. The average molecular weight is 266 g/mol. The number of thiazole rings is 1. The van der Waals surface area contributed by atoms with Gasteiger partial charge in [-0.1, -0.05) is 0 Å². The summed E-state index contributed by atoms with van der Waals surface area (Å²) in [5.74, 6) is 0.480. The minimum atomic E-state index is -0.444. The fourth-order valence-electron chi connectivity index (χ4n) is 1.54. The molecule has 0 aromatic carbocycles. The molecule has 0 spiro atoms. The van der Waals surface area contributed by atoms with Crippen LogP contribution in [-0.4, -0.2) is 32.3 Å². The second-order valence-electron chi connectivity index (χ2n) is 3.74. The van der Waals surface area contributed by atoms with Crippen LogP contribution in [0.25, 0.3) is 0 Å². The molecule has 2 aromatic rings. The van der Waals surface area contributed by atoms with Crippen LogP contribution in [0, 0.1) is 13.8 Å². The van der Waals surface area contributed by atoms with E-state index in [2.05, 4.69) is 15.2 Å². The van der Waals surface area contributed by atoms with Gasteiger partial charge < -0.3 is 9.30 Å². The third kappa shape index (κ3) is 2.40. The van der Waals surface area contributed by atoms with Gasteiger partial charge in [-0.25, -0.2) is 9.78 Å². The molecule has 0 saturated heterocycles. The molecule has 18 heavy (non-hydrogen) atoms. The van der Waals surface area contributed by atoms with Crippen molar-refractivity contribution in [2.24, 2.45) is 0 Å². The van der Waals surface area contributed by atoms with Crippen molar-refractivity contribution in [1.82, 2.24) is 19.7 Å². The van der Waals surface area contributed by atoms with Crippen LogP contribution >= 0.6 is 11.3 Å². The molecule has 0 fully saturated rings. The molecule has 2 aromatic heterocycles. The van der Waals surface area contributed by atoms with Crippen molar-refractivity contribution in [3.63, 3.8) is 0 Å². The predicted octanol–water partition coefficient (Wildman–Crippen LogP) is 1.58. The minimum Gasteiger partial charge on any atom is -0.460 e. The van der Waals surface area contributed by atoms with Crippen LogP contribution in [0.3, 0.4) is 0 Å². The maximum absolute atomic E-state index is 11.7. The normalized spacial score (nSPS) is 10.6. The molecule has 0 bridgehead atoms. The maximum atomic E-state index is 11.7. The number of hydrogen-bond donors (Lipinski definition) is 0. The number of rotatable bonds is 4. The zero-order chi connectivity index (χ0) is 13.1. The van der Waals surface area contributed by atoms with E-state index in [1.165, 1.54) is 0 Å². The van der Waals surface area contributed by atoms with Gasteiger partial charge in [0.15, 0.2) is 0 Å². The summed E-state index contributed by atoms with van der Waals surface area (Å²) >= 11 is 1.55. The first-order chi connectivity index (χ1) is 8.63. The van der Waals surface area contributed by atoms with E-state index in [1.807, 2.05) is 13.8 Å². The molecule has 0 saturated carbocycles. The van der Waals surface area contributed by atoms with Gasteiger partial charge in [-0.2, -0.15) is 0 Å². The average Bonchev–Trinajstić information content (AvgIpc) is 2.89. The first-order valence-corrected chi connectivity index (χ1v) is 6.47. The third-order valence-electron chi connectivity index (χ3n) is 2.54. The monoisotopic (exact) mass is 266 g/mol.